The number of hydrogen-bond donors (Lipinski definition) is 0. The Morgan fingerprint density at radius 3 is 2.22 bits per heavy atom. The van der Waals surface area contributed by atoms with E-state index in [0.717, 1.165) is 0 Å². The minimum Gasteiger partial charge on any atom is -0.459 e. The lowest BCUT2D eigenvalue weighted by Crippen LogP contribution is -2.47. The van der Waals surface area contributed by atoms with E-state index in [-0.39, 0.29) is 5.69 Å². The Balaban J connectivity index is 2.55. The first-order valence-electron chi connectivity index (χ1n) is 8.49. The van der Waals surface area contributed by atoms with Crippen molar-refractivity contribution in [1.29, 1.82) is 0 Å². The molecule has 0 aliphatic heterocycles. The highest BCUT2D eigenvalue weighted by atomic mass is 16.6. The Hall–Kier alpha value is -3.09. The molecule has 1 heterocycles. The zero-order valence-electron chi connectivity index (χ0n) is 15.5. The minimum absolute atomic E-state index is 0.143. The number of esters is 1. The molecule has 7 nitrogen and oxygen atoms in total. The van der Waals surface area contributed by atoms with E-state index in [2.05, 4.69) is 4.98 Å². The van der Waals surface area contributed by atoms with Crippen LogP contribution in [0.15, 0.2) is 54.7 Å². The van der Waals surface area contributed by atoms with Gasteiger partial charge in [0.05, 0.1) is 0 Å². The van der Waals surface area contributed by atoms with Crippen LogP contribution >= 0.6 is 0 Å². The van der Waals surface area contributed by atoms with E-state index in [9.17, 15) is 19.7 Å². The van der Waals surface area contributed by atoms with Crippen molar-refractivity contribution in [2.24, 2.45) is 0 Å². The maximum absolute atomic E-state index is 13.1. The molecule has 0 amide bonds. The zero-order chi connectivity index (χ0) is 20.1. The van der Waals surface area contributed by atoms with Gasteiger partial charge in [-0.15, -0.1) is 0 Å². The SMILES string of the molecule is CC(C)(C)OC(=O)C(CC(=O)c1ccccn1)(C[N+](=O)[O-])c1ccccc1. The molecule has 0 bridgehead atoms. The lowest BCUT2D eigenvalue weighted by atomic mass is 9.75. The summed E-state index contributed by atoms with van der Waals surface area (Å²) in [5, 5.41) is 11.4. The fraction of sp³-hybridized carbons (Fsp3) is 0.350. The van der Waals surface area contributed by atoms with Gasteiger partial charge in [-0.1, -0.05) is 36.4 Å². The highest BCUT2D eigenvalue weighted by molar-refractivity contribution is 5.99. The van der Waals surface area contributed by atoms with E-state index in [1.165, 1.54) is 12.3 Å². The second-order valence-corrected chi connectivity index (χ2v) is 7.26. The van der Waals surface area contributed by atoms with Crippen molar-refractivity contribution in [3.05, 3.63) is 76.1 Å². The van der Waals surface area contributed by atoms with E-state index in [0.29, 0.717) is 5.56 Å². The van der Waals surface area contributed by atoms with Crippen LogP contribution in [0.3, 0.4) is 0 Å². The summed E-state index contributed by atoms with van der Waals surface area (Å²) < 4.78 is 5.48. The summed E-state index contributed by atoms with van der Waals surface area (Å²) in [5.74, 6) is -1.27. The van der Waals surface area contributed by atoms with Crippen LogP contribution in [-0.4, -0.2) is 33.8 Å². The summed E-state index contributed by atoms with van der Waals surface area (Å²) in [6.07, 6.45) is 1.04. The number of carbonyl (C=O) groups is 2. The average Bonchev–Trinajstić information content (AvgIpc) is 2.60. The van der Waals surface area contributed by atoms with Crippen molar-refractivity contribution in [3.8, 4) is 0 Å². The number of Topliss-reactive ketones (excluding diaryl/α,β-unsaturated/α-hetero) is 1. The number of benzene rings is 1. The highest BCUT2D eigenvalue weighted by Crippen LogP contribution is 2.33. The third kappa shape index (κ3) is 5.20. The number of nitrogens with zero attached hydrogens (tertiary/aromatic N) is 2. The number of aromatic nitrogens is 1. The molecule has 2 aromatic rings. The summed E-state index contributed by atoms with van der Waals surface area (Å²) in [7, 11) is 0. The van der Waals surface area contributed by atoms with Crippen LogP contribution in [0.2, 0.25) is 0 Å². The van der Waals surface area contributed by atoms with Crippen LogP contribution in [0.1, 0.15) is 43.2 Å². The molecule has 0 saturated heterocycles. The molecule has 2 rings (SSSR count). The van der Waals surface area contributed by atoms with Gasteiger partial charge in [-0.2, -0.15) is 0 Å². The summed E-state index contributed by atoms with van der Waals surface area (Å²) in [6, 6.07) is 13.1. The molecule has 0 N–H and O–H groups in total. The van der Waals surface area contributed by atoms with Gasteiger partial charge in [-0.25, -0.2) is 0 Å². The first-order chi connectivity index (χ1) is 12.6. The molecule has 1 aromatic carbocycles. The smallest absolute Gasteiger partial charge is 0.324 e. The lowest BCUT2D eigenvalue weighted by Gasteiger charge is -2.31. The predicted octanol–water partition coefficient (Wildman–Crippen LogP) is 3.21. The standard InChI is InChI=1S/C20H22N2O5/c1-19(2,3)27-18(24)20(14-22(25)26,15-9-5-4-6-10-15)13-17(23)16-11-7-8-12-21-16/h4-12H,13-14H2,1-3H3. The fourth-order valence-electron chi connectivity index (χ4n) is 2.75. The number of carbonyl (C=O) groups excluding carboxylic acids is 2. The van der Waals surface area contributed by atoms with Gasteiger partial charge in [0.2, 0.25) is 6.54 Å². The Morgan fingerprint density at radius 2 is 1.70 bits per heavy atom. The number of ether oxygens (including phenoxy) is 1. The van der Waals surface area contributed by atoms with E-state index < -0.39 is 40.7 Å². The van der Waals surface area contributed by atoms with Gasteiger partial charge in [0.1, 0.15) is 11.3 Å². The van der Waals surface area contributed by atoms with E-state index in [1.54, 1.807) is 63.2 Å². The van der Waals surface area contributed by atoms with Crippen LogP contribution in [-0.2, 0) is 14.9 Å². The average molecular weight is 370 g/mol. The molecule has 1 atom stereocenters. The Bertz CT molecular complexity index is 815. The van der Waals surface area contributed by atoms with Gasteiger partial charge < -0.3 is 4.74 Å². The molecule has 0 aliphatic carbocycles. The first-order valence-corrected chi connectivity index (χ1v) is 8.49. The van der Waals surface area contributed by atoms with E-state index in [1.807, 2.05) is 0 Å². The molecular weight excluding hydrogens is 348 g/mol. The van der Waals surface area contributed by atoms with Crippen molar-refractivity contribution in [3.63, 3.8) is 0 Å². The summed E-state index contributed by atoms with van der Waals surface area (Å²) in [5.41, 5.74) is -2.10. The molecule has 1 aromatic heterocycles. The summed E-state index contributed by atoms with van der Waals surface area (Å²) in [4.78, 5) is 40.7. The van der Waals surface area contributed by atoms with Crippen molar-refractivity contribution in [2.75, 3.05) is 6.54 Å². The first kappa shape index (κ1) is 20.2. The van der Waals surface area contributed by atoms with Gasteiger partial charge in [0.15, 0.2) is 11.2 Å². The molecular formula is C20H22N2O5. The van der Waals surface area contributed by atoms with Gasteiger partial charge >= 0.3 is 5.97 Å². The van der Waals surface area contributed by atoms with E-state index in [4.69, 9.17) is 4.74 Å². The highest BCUT2D eigenvalue weighted by Gasteiger charge is 2.49. The summed E-state index contributed by atoms with van der Waals surface area (Å²) >= 11 is 0. The quantitative estimate of drug-likeness (QED) is 0.321. The minimum atomic E-state index is -1.74. The summed E-state index contributed by atoms with van der Waals surface area (Å²) in [6.45, 7) is 4.26. The number of rotatable bonds is 7. The zero-order valence-corrected chi connectivity index (χ0v) is 15.5. The molecule has 0 aliphatic rings. The third-order valence-corrected chi connectivity index (χ3v) is 3.93. The number of pyridine rings is 1. The van der Waals surface area contributed by atoms with Gasteiger partial charge in [-0.05, 0) is 38.5 Å². The van der Waals surface area contributed by atoms with Crippen LogP contribution < -0.4 is 0 Å². The van der Waals surface area contributed by atoms with Crippen LogP contribution in [0.25, 0.3) is 0 Å². The van der Waals surface area contributed by atoms with Crippen molar-refractivity contribution < 1.29 is 19.2 Å². The number of nitro groups is 1. The third-order valence-electron chi connectivity index (χ3n) is 3.93. The molecule has 0 saturated carbocycles. The molecule has 0 spiro atoms. The Kier molecular flexibility index (Phi) is 6.05. The topological polar surface area (TPSA) is 99.4 Å². The molecule has 0 fully saturated rings. The van der Waals surface area contributed by atoms with Crippen molar-refractivity contribution >= 4 is 11.8 Å². The fourth-order valence-corrected chi connectivity index (χ4v) is 2.75. The number of ketones is 1. The molecule has 142 valence electrons. The second-order valence-electron chi connectivity index (χ2n) is 7.26. The monoisotopic (exact) mass is 370 g/mol. The maximum atomic E-state index is 13.1. The normalized spacial score (nSPS) is 13.4. The van der Waals surface area contributed by atoms with Gasteiger partial charge in [-0.3, -0.25) is 24.7 Å². The van der Waals surface area contributed by atoms with E-state index >= 15 is 0 Å². The molecule has 7 heteroatoms. The second kappa shape index (κ2) is 8.07. The Morgan fingerprint density at radius 1 is 1.07 bits per heavy atom. The van der Waals surface area contributed by atoms with Crippen LogP contribution in [0.4, 0.5) is 0 Å². The molecule has 0 radical (unpaired) electrons. The molecule has 1 unspecified atom stereocenters. The predicted molar refractivity (Wildman–Crippen MR) is 99.0 cm³/mol. The van der Waals surface area contributed by atoms with Gasteiger partial charge in [0.25, 0.3) is 0 Å². The molecule has 27 heavy (non-hydrogen) atoms. The van der Waals surface area contributed by atoms with Crippen LogP contribution in [0, 0.1) is 10.1 Å². The number of hydrogen-bond acceptors (Lipinski definition) is 6. The largest absolute Gasteiger partial charge is 0.459 e. The lowest BCUT2D eigenvalue weighted by molar-refractivity contribution is -0.488. The van der Waals surface area contributed by atoms with Crippen LogP contribution in [0.5, 0.6) is 0 Å². The van der Waals surface area contributed by atoms with Gasteiger partial charge in [0, 0.05) is 17.5 Å². The van der Waals surface area contributed by atoms with Crippen molar-refractivity contribution in [1.82, 2.24) is 4.98 Å². The maximum Gasteiger partial charge on any atom is 0.324 e. The Labute approximate surface area is 157 Å². The van der Waals surface area contributed by atoms with Crippen molar-refractivity contribution in [2.45, 2.75) is 38.2 Å².